The number of nitrogens with zero attached hydrogens (tertiary/aromatic N) is 4. The lowest BCUT2D eigenvalue weighted by atomic mass is 10.1. The summed E-state index contributed by atoms with van der Waals surface area (Å²) < 4.78 is 32.6. The van der Waals surface area contributed by atoms with E-state index in [-0.39, 0.29) is 5.91 Å². The molecule has 3 rings (SSSR count). The summed E-state index contributed by atoms with van der Waals surface area (Å²) in [4.78, 5) is 22.4. The van der Waals surface area contributed by atoms with Gasteiger partial charge in [0.25, 0.3) is 5.91 Å². The van der Waals surface area contributed by atoms with Crippen LogP contribution in [0.25, 0.3) is 0 Å². The summed E-state index contributed by atoms with van der Waals surface area (Å²) in [6, 6.07) is 4.28. The van der Waals surface area contributed by atoms with Crippen molar-refractivity contribution in [1.82, 2.24) is 19.7 Å². The summed E-state index contributed by atoms with van der Waals surface area (Å²) in [5.74, 6) is -1.21. The van der Waals surface area contributed by atoms with Crippen molar-refractivity contribution in [3.05, 3.63) is 53.2 Å². The Morgan fingerprint density at radius 3 is 2.54 bits per heavy atom. The first-order valence-electron chi connectivity index (χ1n) is 9.55. The van der Waals surface area contributed by atoms with Crippen LogP contribution in [0.4, 0.5) is 8.78 Å². The topological polar surface area (TPSA) is 52.8 Å². The number of hydrogen-bond donors (Lipinski definition) is 0. The highest BCUT2D eigenvalue weighted by Crippen LogP contribution is 2.16. The van der Waals surface area contributed by atoms with Crippen molar-refractivity contribution in [3.63, 3.8) is 0 Å². The summed E-state index contributed by atoms with van der Waals surface area (Å²) >= 11 is 0. The first kappa shape index (κ1) is 20.4. The van der Waals surface area contributed by atoms with Gasteiger partial charge in [0, 0.05) is 51.9 Å². The maximum absolute atomic E-state index is 13.8. The lowest BCUT2D eigenvalue weighted by molar-refractivity contribution is 0.0789. The van der Waals surface area contributed by atoms with E-state index in [2.05, 4.69) is 14.8 Å². The van der Waals surface area contributed by atoms with Crippen LogP contribution in [-0.2, 0) is 13.1 Å². The van der Waals surface area contributed by atoms with E-state index in [4.69, 9.17) is 4.42 Å². The third-order valence-corrected chi connectivity index (χ3v) is 4.93. The summed E-state index contributed by atoms with van der Waals surface area (Å²) in [6.07, 6.45) is 2.30. The van der Waals surface area contributed by atoms with Crippen molar-refractivity contribution in [2.75, 3.05) is 39.8 Å². The summed E-state index contributed by atoms with van der Waals surface area (Å²) in [6.45, 7) is 6.60. The van der Waals surface area contributed by atoms with Gasteiger partial charge in [-0.3, -0.25) is 14.6 Å². The minimum Gasteiger partial charge on any atom is -0.447 e. The number of amides is 1. The molecule has 1 aliphatic heterocycles. The predicted octanol–water partition coefficient (Wildman–Crippen LogP) is 2.75. The van der Waals surface area contributed by atoms with Gasteiger partial charge >= 0.3 is 0 Å². The largest absolute Gasteiger partial charge is 0.447 e. The molecule has 28 heavy (non-hydrogen) atoms. The van der Waals surface area contributed by atoms with E-state index in [0.717, 1.165) is 38.7 Å². The molecule has 0 bridgehead atoms. The smallest absolute Gasteiger partial charge is 0.275 e. The molecule has 0 N–H and O–H groups in total. The molecule has 0 spiro atoms. The number of hydrogen-bond acceptors (Lipinski definition) is 5. The Hall–Kier alpha value is -2.32. The second-order valence-electron chi connectivity index (χ2n) is 7.12. The molecule has 6 nitrogen and oxygen atoms in total. The van der Waals surface area contributed by atoms with Gasteiger partial charge in [-0.05, 0) is 12.5 Å². The molecule has 0 atom stereocenters. The van der Waals surface area contributed by atoms with Gasteiger partial charge in [0.15, 0.2) is 17.3 Å². The van der Waals surface area contributed by atoms with Gasteiger partial charge in [0.05, 0.1) is 6.54 Å². The number of benzene rings is 1. The van der Waals surface area contributed by atoms with Gasteiger partial charge in [-0.15, -0.1) is 0 Å². The molecule has 0 saturated carbocycles. The molecule has 1 saturated heterocycles. The Kier molecular flexibility index (Phi) is 6.74. The van der Waals surface area contributed by atoms with Gasteiger partial charge in [0.2, 0.25) is 5.89 Å². The average Bonchev–Trinajstić information content (AvgIpc) is 3.15. The Bertz CT molecular complexity index is 803. The highest BCUT2D eigenvalue weighted by atomic mass is 19.2. The van der Waals surface area contributed by atoms with Crippen LogP contribution >= 0.6 is 0 Å². The van der Waals surface area contributed by atoms with Crippen molar-refractivity contribution in [3.8, 4) is 0 Å². The molecule has 0 aliphatic carbocycles. The molecular formula is C20H26F2N4O2. The fourth-order valence-electron chi connectivity index (χ4n) is 3.32. The standard InChI is InChI=1S/C20H26F2N4O2/c1-3-7-24(2)20(27)17-14-28-18(23-17)13-26-10-8-25(9-11-26)12-15-5-4-6-16(21)19(15)22/h4-6,14H,3,7-13H2,1-2H3. The zero-order valence-corrected chi connectivity index (χ0v) is 16.3. The zero-order chi connectivity index (χ0) is 20.1. The van der Waals surface area contributed by atoms with E-state index in [1.807, 2.05) is 6.92 Å². The third kappa shape index (κ3) is 4.94. The number of aromatic nitrogens is 1. The molecule has 0 unspecified atom stereocenters. The van der Waals surface area contributed by atoms with Gasteiger partial charge < -0.3 is 9.32 Å². The number of rotatable bonds is 7. The quantitative estimate of drug-likeness (QED) is 0.725. The lowest BCUT2D eigenvalue weighted by Gasteiger charge is -2.34. The van der Waals surface area contributed by atoms with Crippen molar-refractivity contribution >= 4 is 5.91 Å². The van der Waals surface area contributed by atoms with E-state index < -0.39 is 11.6 Å². The van der Waals surface area contributed by atoms with Crippen LogP contribution in [0.5, 0.6) is 0 Å². The minimum atomic E-state index is -0.810. The van der Waals surface area contributed by atoms with Crippen LogP contribution in [0.3, 0.4) is 0 Å². The molecular weight excluding hydrogens is 366 g/mol. The maximum Gasteiger partial charge on any atom is 0.275 e. The van der Waals surface area contributed by atoms with E-state index >= 15 is 0 Å². The van der Waals surface area contributed by atoms with Gasteiger partial charge in [-0.2, -0.15) is 0 Å². The van der Waals surface area contributed by atoms with E-state index in [9.17, 15) is 13.6 Å². The fraction of sp³-hybridized carbons (Fsp3) is 0.500. The number of oxazole rings is 1. The van der Waals surface area contributed by atoms with Crippen LogP contribution in [0, 0.1) is 11.6 Å². The minimum absolute atomic E-state index is 0.140. The average molecular weight is 392 g/mol. The van der Waals surface area contributed by atoms with E-state index in [1.54, 1.807) is 18.0 Å². The Balaban J connectivity index is 1.49. The summed E-state index contributed by atoms with van der Waals surface area (Å²) in [5, 5.41) is 0. The molecule has 1 aromatic carbocycles. The zero-order valence-electron chi connectivity index (χ0n) is 16.3. The van der Waals surface area contributed by atoms with Crippen molar-refractivity contribution in [1.29, 1.82) is 0 Å². The van der Waals surface area contributed by atoms with E-state index in [1.165, 1.54) is 12.3 Å². The second kappa shape index (κ2) is 9.25. The second-order valence-corrected chi connectivity index (χ2v) is 7.12. The van der Waals surface area contributed by atoms with Crippen LogP contribution in [0.1, 0.15) is 35.3 Å². The van der Waals surface area contributed by atoms with Gasteiger partial charge in [-0.1, -0.05) is 19.1 Å². The van der Waals surface area contributed by atoms with Crippen LogP contribution in [-0.4, -0.2) is 65.4 Å². The van der Waals surface area contributed by atoms with Crippen LogP contribution in [0.15, 0.2) is 28.9 Å². The molecule has 8 heteroatoms. The number of carbonyl (C=O) groups excluding carboxylic acids is 1. The molecule has 1 aromatic heterocycles. The van der Waals surface area contributed by atoms with Crippen LogP contribution < -0.4 is 0 Å². The van der Waals surface area contributed by atoms with Gasteiger partial charge in [0.1, 0.15) is 6.26 Å². The van der Waals surface area contributed by atoms with Crippen LogP contribution in [0.2, 0.25) is 0 Å². The molecule has 0 radical (unpaired) electrons. The molecule has 152 valence electrons. The predicted molar refractivity (Wildman–Crippen MR) is 101 cm³/mol. The Labute approximate surface area is 163 Å². The molecule has 2 aromatic rings. The van der Waals surface area contributed by atoms with Crippen molar-refractivity contribution in [2.24, 2.45) is 0 Å². The fourth-order valence-corrected chi connectivity index (χ4v) is 3.32. The number of halogens is 2. The van der Waals surface area contributed by atoms with Crippen molar-refractivity contribution in [2.45, 2.75) is 26.4 Å². The number of carbonyl (C=O) groups is 1. The van der Waals surface area contributed by atoms with Crippen molar-refractivity contribution < 1.29 is 18.0 Å². The Morgan fingerprint density at radius 2 is 1.86 bits per heavy atom. The highest BCUT2D eigenvalue weighted by molar-refractivity contribution is 5.91. The molecule has 1 amide bonds. The van der Waals surface area contributed by atoms with Gasteiger partial charge in [-0.25, -0.2) is 13.8 Å². The first-order valence-corrected chi connectivity index (χ1v) is 9.55. The summed E-state index contributed by atoms with van der Waals surface area (Å²) in [5.41, 5.74) is 0.701. The normalized spacial score (nSPS) is 15.7. The Morgan fingerprint density at radius 1 is 1.18 bits per heavy atom. The monoisotopic (exact) mass is 392 g/mol. The molecule has 1 fully saturated rings. The highest BCUT2D eigenvalue weighted by Gasteiger charge is 2.22. The third-order valence-electron chi connectivity index (χ3n) is 4.93. The SMILES string of the molecule is CCCN(C)C(=O)c1coc(CN2CCN(Cc3cccc(F)c3F)CC2)n1. The number of piperazine rings is 1. The molecule has 2 heterocycles. The summed E-state index contributed by atoms with van der Waals surface area (Å²) in [7, 11) is 1.75. The maximum atomic E-state index is 13.8. The lowest BCUT2D eigenvalue weighted by Crippen LogP contribution is -2.45. The molecule has 1 aliphatic rings. The van der Waals surface area contributed by atoms with E-state index in [0.29, 0.717) is 36.8 Å². The first-order chi connectivity index (χ1) is 13.5.